The Morgan fingerprint density at radius 2 is 2.50 bits per heavy atom. The van der Waals surface area contributed by atoms with Crippen molar-refractivity contribution >= 4 is 5.95 Å². The van der Waals surface area contributed by atoms with Gasteiger partial charge in [-0.2, -0.15) is 4.98 Å². The molecule has 0 saturated heterocycles. The molecule has 1 aromatic rings. The first kappa shape index (κ1) is 6.76. The van der Waals surface area contributed by atoms with Crippen LogP contribution in [0.3, 0.4) is 0 Å². The molecule has 0 aliphatic rings. The maximum Gasteiger partial charge on any atom is 0.274 e. The van der Waals surface area contributed by atoms with E-state index in [0.29, 0.717) is 0 Å². The van der Waals surface area contributed by atoms with Crippen molar-refractivity contribution in [3.8, 4) is 0 Å². The van der Waals surface area contributed by atoms with Crippen molar-refractivity contribution in [2.75, 3.05) is 5.48 Å². The van der Waals surface area contributed by atoms with Crippen molar-refractivity contribution in [2.24, 2.45) is 7.05 Å². The lowest BCUT2D eigenvalue weighted by Gasteiger charge is -2.01. The van der Waals surface area contributed by atoms with E-state index in [4.69, 9.17) is 5.21 Å². The van der Waals surface area contributed by atoms with Gasteiger partial charge in [0.2, 0.25) is 5.95 Å². The van der Waals surface area contributed by atoms with Crippen molar-refractivity contribution in [3.63, 3.8) is 0 Å². The average Bonchev–Trinajstić information content (AvgIpc) is 1.94. The van der Waals surface area contributed by atoms with Gasteiger partial charge in [-0.05, 0) is 0 Å². The summed E-state index contributed by atoms with van der Waals surface area (Å²) in [6.45, 7) is 0. The molecule has 10 heavy (non-hydrogen) atoms. The number of aromatic nitrogens is 2. The fraction of sp³-hybridized carbons (Fsp3) is 0.200. The van der Waals surface area contributed by atoms with Gasteiger partial charge in [0.1, 0.15) is 0 Å². The molecule has 1 rings (SSSR count). The summed E-state index contributed by atoms with van der Waals surface area (Å²) in [6, 6.07) is 1.31. The van der Waals surface area contributed by atoms with Crippen molar-refractivity contribution in [1.29, 1.82) is 0 Å². The zero-order valence-electron chi connectivity index (χ0n) is 5.40. The van der Waals surface area contributed by atoms with E-state index < -0.39 is 0 Å². The van der Waals surface area contributed by atoms with E-state index in [-0.39, 0.29) is 11.5 Å². The number of nitrogens with zero attached hydrogens (tertiary/aromatic N) is 2. The fourth-order valence-corrected chi connectivity index (χ4v) is 0.571. The summed E-state index contributed by atoms with van der Waals surface area (Å²) in [5.41, 5.74) is 1.41. The lowest BCUT2D eigenvalue weighted by Crippen LogP contribution is -2.13. The molecule has 0 atom stereocenters. The summed E-state index contributed by atoms with van der Waals surface area (Å²) in [5.74, 6) is 0.132. The molecule has 54 valence electrons. The molecule has 0 saturated carbocycles. The van der Waals surface area contributed by atoms with Gasteiger partial charge in [-0.15, -0.1) is 0 Å². The summed E-state index contributed by atoms with van der Waals surface area (Å²) < 4.78 is 1.49. The molecule has 5 heteroatoms. The van der Waals surface area contributed by atoms with E-state index >= 15 is 0 Å². The second-order valence-electron chi connectivity index (χ2n) is 1.81. The summed E-state index contributed by atoms with van der Waals surface area (Å²) in [4.78, 5) is 14.0. The predicted molar refractivity (Wildman–Crippen MR) is 34.9 cm³/mol. The van der Waals surface area contributed by atoms with Crippen molar-refractivity contribution in [3.05, 3.63) is 22.6 Å². The highest BCUT2D eigenvalue weighted by atomic mass is 16.5. The molecular formula is C5H7N3O2. The minimum Gasteiger partial charge on any atom is -0.320 e. The second kappa shape index (κ2) is 2.49. The summed E-state index contributed by atoms with van der Waals surface area (Å²) >= 11 is 0. The van der Waals surface area contributed by atoms with Crippen LogP contribution in [0.1, 0.15) is 0 Å². The van der Waals surface area contributed by atoms with Gasteiger partial charge in [0.05, 0.1) is 0 Å². The number of hydrogen-bond acceptors (Lipinski definition) is 4. The Balaban J connectivity index is 3.22. The van der Waals surface area contributed by atoms with Crippen LogP contribution in [0.4, 0.5) is 5.95 Å². The molecule has 1 aromatic heterocycles. The molecule has 0 bridgehead atoms. The van der Waals surface area contributed by atoms with Crippen LogP contribution in [0.5, 0.6) is 0 Å². The molecule has 2 N–H and O–H groups in total. The van der Waals surface area contributed by atoms with Crippen LogP contribution in [0, 0.1) is 0 Å². The zero-order chi connectivity index (χ0) is 7.56. The topological polar surface area (TPSA) is 67.2 Å². The first-order chi connectivity index (χ1) is 4.74. The van der Waals surface area contributed by atoms with Crippen LogP contribution < -0.4 is 11.0 Å². The van der Waals surface area contributed by atoms with Crippen LogP contribution in [0.2, 0.25) is 0 Å². The number of aryl methyl sites for hydroxylation is 1. The summed E-state index contributed by atoms with van der Waals surface area (Å²) in [5, 5.41) is 8.37. The third-order valence-corrected chi connectivity index (χ3v) is 1.09. The van der Waals surface area contributed by atoms with E-state index in [1.807, 2.05) is 0 Å². The van der Waals surface area contributed by atoms with Crippen LogP contribution in [-0.4, -0.2) is 14.8 Å². The number of anilines is 1. The molecule has 5 nitrogen and oxygen atoms in total. The van der Waals surface area contributed by atoms with E-state index in [1.54, 1.807) is 12.5 Å². The van der Waals surface area contributed by atoms with Gasteiger partial charge in [-0.3, -0.25) is 10.0 Å². The van der Waals surface area contributed by atoms with E-state index in [1.165, 1.54) is 16.8 Å². The molecule has 0 aliphatic heterocycles. The van der Waals surface area contributed by atoms with Crippen LogP contribution in [-0.2, 0) is 7.05 Å². The molecule has 0 aromatic carbocycles. The predicted octanol–water partition coefficient (Wildman–Crippen LogP) is -0.419. The Hall–Kier alpha value is -1.36. The Bertz CT molecular complexity index is 280. The largest absolute Gasteiger partial charge is 0.320 e. The number of rotatable bonds is 1. The minimum absolute atomic E-state index is 0.132. The van der Waals surface area contributed by atoms with Gasteiger partial charge < -0.3 is 4.57 Å². The van der Waals surface area contributed by atoms with Crippen LogP contribution in [0.25, 0.3) is 0 Å². The maximum absolute atomic E-state index is 10.5. The molecule has 0 aliphatic carbocycles. The van der Waals surface area contributed by atoms with Gasteiger partial charge in [-0.25, -0.2) is 5.48 Å². The molecule has 0 fully saturated rings. The number of hydrogen-bond donors (Lipinski definition) is 2. The zero-order valence-corrected chi connectivity index (χ0v) is 5.40. The Morgan fingerprint density at radius 3 is 3.00 bits per heavy atom. The van der Waals surface area contributed by atoms with E-state index in [0.717, 1.165) is 0 Å². The van der Waals surface area contributed by atoms with Gasteiger partial charge >= 0.3 is 0 Å². The smallest absolute Gasteiger partial charge is 0.274 e. The van der Waals surface area contributed by atoms with E-state index in [9.17, 15) is 4.79 Å². The Labute approximate surface area is 56.9 Å². The minimum atomic E-state index is -0.380. The monoisotopic (exact) mass is 141 g/mol. The Morgan fingerprint density at radius 1 is 1.80 bits per heavy atom. The number of nitrogens with one attached hydrogen (secondary N) is 1. The van der Waals surface area contributed by atoms with Gasteiger partial charge in [0.25, 0.3) is 5.56 Å². The first-order valence-corrected chi connectivity index (χ1v) is 2.68. The molecular weight excluding hydrogens is 134 g/mol. The van der Waals surface area contributed by atoms with Gasteiger partial charge in [0, 0.05) is 19.3 Å². The lowest BCUT2D eigenvalue weighted by atomic mass is 10.6. The van der Waals surface area contributed by atoms with Crippen LogP contribution in [0.15, 0.2) is 17.1 Å². The highest BCUT2D eigenvalue weighted by molar-refractivity contribution is 5.19. The maximum atomic E-state index is 10.5. The molecule has 0 amide bonds. The summed E-state index contributed by atoms with van der Waals surface area (Å²) in [6.07, 6.45) is 1.51. The van der Waals surface area contributed by atoms with E-state index in [2.05, 4.69) is 4.98 Å². The summed E-state index contributed by atoms with van der Waals surface area (Å²) in [7, 11) is 1.66. The fourth-order valence-electron chi connectivity index (χ4n) is 0.571. The quantitative estimate of drug-likeness (QED) is 0.521. The van der Waals surface area contributed by atoms with Gasteiger partial charge in [0.15, 0.2) is 0 Å². The van der Waals surface area contributed by atoms with Crippen molar-refractivity contribution in [1.82, 2.24) is 9.55 Å². The SMILES string of the molecule is Cn1ccc(=O)nc1NO. The third kappa shape index (κ3) is 1.14. The van der Waals surface area contributed by atoms with Crippen molar-refractivity contribution in [2.45, 2.75) is 0 Å². The van der Waals surface area contributed by atoms with Crippen molar-refractivity contribution < 1.29 is 5.21 Å². The third-order valence-electron chi connectivity index (χ3n) is 1.09. The van der Waals surface area contributed by atoms with Gasteiger partial charge in [-0.1, -0.05) is 0 Å². The molecule has 0 radical (unpaired) electrons. The molecule has 0 spiro atoms. The standard InChI is InChI=1S/C5H7N3O2/c1-8-3-2-4(9)6-5(8)7-10/h2-3,10H,1H3,(H,6,7,9). The highest BCUT2D eigenvalue weighted by Crippen LogP contribution is 1.92. The highest BCUT2D eigenvalue weighted by Gasteiger charge is 1.93. The molecule has 0 unspecified atom stereocenters. The first-order valence-electron chi connectivity index (χ1n) is 2.68. The average molecular weight is 141 g/mol. The lowest BCUT2D eigenvalue weighted by molar-refractivity contribution is 0.378. The Kier molecular flexibility index (Phi) is 1.68. The second-order valence-corrected chi connectivity index (χ2v) is 1.81. The molecule has 1 heterocycles. The van der Waals surface area contributed by atoms with Crippen LogP contribution >= 0.6 is 0 Å². The normalized spacial score (nSPS) is 9.40.